The van der Waals surface area contributed by atoms with Crippen molar-refractivity contribution in [3.63, 3.8) is 0 Å². The normalized spacial score (nSPS) is 19.5. The molecule has 1 heterocycles. The van der Waals surface area contributed by atoms with E-state index in [0.717, 1.165) is 5.75 Å². The molecule has 0 N–H and O–H groups in total. The first-order valence-electron chi connectivity index (χ1n) is 4.83. The molecule has 1 unspecified atom stereocenters. The molecule has 0 aliphatic carbocycles. The number of hydrogen-bond donors (Lipinski definition) is 0. The minimum absolute atomic E-state index is 0.132. The van der Waals surface area contributed by atoms with Crippen LogP contribution in [0.3, 0.4) is 0 Å². The van der Waals surface area contributed by atoms with Gasteiger partial charge in [-0.05, 0) is 24.3 Å². The van der Waals surface area contributed by atoms with Gasteiger partial charge in [-0.25, -0.2) is 4.39 Å². The minimum Gasteiger partial charge on any atom is -0.315 e. The van der Waals surface area contributed by atoms with Crippen LogP contribution in [0.25, 0.3) is 0 Å². The van der Waals surface area contributed by atoms with Crippen LogP contribution < -0.4 is 0 Å². The van der Waals surface area contributed by atoms with Gasteiger partial charge in [0.05, 0.1) is 5.88 Å². The Hall–Kier alpha value is -1.47. The smallest absolute Gasteiger partial charge is 0.255 e. The monoisotopic (exact) mass is 235 g/mol. The van der Waals surface area contributed by atoms with Crippen molar-refractivity contribution in [2.75, 3.05) is 11.6 Å². The molecule has 0 spiro atoms. The third kappa shape index (κ3) is 2.05. The molecule has 1 aliphatic heterocycles. The van der Waals surface area contributed by atoms with Crippen molar-refractivity contribution in [1.82, 2.24) is 4.90 Å². The van der Waals surface area contributed by atoms with Gasteiger partial charge < -0.3 is 4.90 Å². The van der Waals surface area contributed by atoms with E-state index in [1.807, 2.05) is 0 Å². The van der Waals surface area contributed by atoms with Gasteiger partial charge in [-0.3, -0.25) is 4.79 Å². The Kier molecular flexibility index (Phi) is 3.16. The molecule has 0 aromatic heterocycles. The van der Waals surface area contributed by atoms with Crippen LogP contribution in [0, 0.1) is 18.2 Å². The van der Waals surface area contributed by atoms with Crippen LogP contribution in [0.15, 0.2) is 24.3 Å². The Morgan fingerprint density at radius 2 is 2.19 bits per heavy atom. The first-order valence-corrected chi connectivity index (χ1v) is 5.98. The summed E-state index contributed by atoms with van der Waals surface area (Å²) in [6.45, 7) is 0. The molecule has 1 atom stereocenters. The molecular formula is C12H10FNOS. The van der Waals surface area contributed by atoms with Gasteiger partial charge in [0.2, 0.25) is 0 Å². The number of thioether (sulfide) groups is 1. The van der Waals surface area contributed by atoms with E-state index in [4.69, 9.17) is 6.42 Å². The maximum Gasteiger partial charge on any atom is 0.255 e. The van der Waals surface area contributed by atoms with E-state index in [2.05, 4.69) is 5.92 Å². The van der Waals surface area contributed by atoms with Crippen molar-refractivity contribution < 1.29 is 9.18 Å². The fraction of sp³-hybridized carbons (Fsp3) is 0.250. The van der Waals surface area contributed by atoms with Crippen molar-refractivity contribution >= 4 is 17.7 Å². The van der Waals surface area contributed by atoms with E-state index >= 15 is 0 Å². The molecule has 1 saturated heterocycles. The lowest BCUT2D eigenvalue weighted by Gasteiger charge is -2.19. The number of hydrogen-bond acceptors (Lipinski definition) is 2. The summed E-state index contributed by atoms with van der Waals surface area (Å²) in [5.41, 5.74) is 0.476. The zero-order valence-corrected chi connectivity index (χ0v) is 9.34. The number of halogens is 1. The van der Waals surface area contributed by atoms with Crippen molar-refractivity contribution in [1.29, 1.82) is 0 Å². The van der Waals surface area contributed by atoms with Crippen LogP contribution in [-0.2, 0) is 0 Å². The van der Waals surface area contributed by atoms with E-state index in [-0.39, 0.29) is 17.8 Å². The molecule has 0 bridgehead atoms. The molecular weight excluding hydrogens is 225 g/mol. The fourth-order valence-corrected chi connectivity index (χ4v) is 2.64. The number of amides is 1. The molecule has 2 nitrogen and oxygen atoms in total. The molecule has 4 heteroatoms. The SMILES string of the molecule is C#CC1CSCN1C(=O)c1ccc(F)cc1. The molecule has 0 saturated carbocycles. The van der Waals surface area contributed by atoms with E-state index in [1.165, 1.54) is 24.3 Å². The summed E-state index contributed by atoms with van der Waals surface area (Å²) in [6, 6.07) is 5.37. The molecule has 0 radical (unpaired) electrons. The number of terminal acetylenes is 1. The fourth-order valence-electron chi connectivity index (χ4n) is 1.54. The lowest BCUT2D eigenvalue weighted by molar-refractivity contribution is 0.0776. The summed E-state index contributed by atoms with van der Waals surface area (Å²) < 4.78 is 12.7. The summed E-state index contributed by atoms with van der Waals surface area (Å²) >= 11 is 1.63. The van der Waals surface area contributed by atoms with Crippen LogP contribution in [0.1, 0.15) is 10.4 Å². The minimum atomic E-state index is -0.346. The summed E-state index contributed by atoms with van der Waals surface area (Å²) in [5.74, 6) is 3.48. The molecule has 16 heavy (non-hydrogen) atoms. The highest BCUT2D eigenvalue weighted by Crippen LogP contribution is 2.22. The van der Waals surface area contributed by atoms with Crippen LogP contribution in [0.4, 0.5) is 4.39 Å². The maximum atomic E-state index is 12.7. The second-order valence-electron chi connectivity index (χ2n) is 3.46. The van der Waals surface area contributed by atoms with Crippen LogP contribution >= 0.6 is 11.8 Å². The Balaban J connectivity index is 2.19. The van der Waals surface area contributed by atoms with Crippen LogP contribution in [-0.4, -0.2) is 28.5 Å². The molecule has 1 fully saturated rings. The lowest BCUT2D eigenvalue weighted by atomic mass is 10.2. The maximum absolute atomic E-state index is 12.7. The van der Waals surface area contributed by atoms with Gasteiger partial charge >= 0.3 is 0 Å². The molecule has 1 aromatic carbocycles. The average molecular weight is 235 g/mol. The first kappa shape index (κ1) is 11.0. The average Bonchev–Trinajstić information content (AvgIpc) is 2.77. The van der Waals surface area contributed by atoms with Crippen molar-refractivity contribution in [2.24, 2.45) is 0 Å². The Bertz CT molecular complexity index is 437. The van der Waals surface area contributed by atoms with Crippen LogP contribution in [0.5, 0.6) is 0 Å². The summed E-state index contributed by atoms with van der Waals surface area (Å²) in [5, 5.41) is 0. The number of benzene rings is 1. The Morgan fingerprint density at radius 1 is 1.50 bits per heavy atom. The third-order valence-corrected chi connectivity index (χ3v) is 3.44. The van der Waals surface area contributed by atoms with Gasteiger partial charge in [0, 0.05) is 11.3 Å². The van der Waals surface area contributed by atoms with Gasteiger partial charge in [0.15, 0.2) is 0 Å². The molecule has 1 aromatic rings. The summed E-state index contributed by atoms with van der Waals surface area (Å²) in [7, 11) is 0. The number of nitrogens with zero attached hydrogens (tertiary/aromatic N) is 1. The second-order valence-corrected chi connectivity index (χ2v) is 4.46. The lowest BCUT2D eigenvalue weighted by Crippen LogP contribution is -2.35. The van der Waals surface area contributed by atoms with Crippen molar-refractivity contribution in [2.45, 2.75) is 6.04 Å². The van der Waals surface area contributed by atoms with E-state index in [0.29, 0.717) is 11.4 Å². The summed E-state index contributed by atoms with van der Waals surface area (Å²) in [6.07, 6.45) is 5.35. The largest absolute Gasteiger partial charge is 0.315 e. The van der Waals surface area contributed by atoms with Gasteiger partial charge in [0.25, 0.3) is 5.91 Å². The molecule has 1 aliphatic rings. The quantitative estimate of drug-likeness (QED) is 0.694. The standard InChI is InChI=1S/C12H10FNOS/c1-2-11-7-16-8-14(11)12(15)9-3-5-10(13)6-4-9/h1,3-6,11H,7-8H2. The Morgan fingerprint density at radius 3 is 2.81 bits per heavy atom. The van der Waals surface area contributed by atoms with E-state index in [9.17, 15) is 9.18 Å². The summed E-state index contributed by atoms with van der Waals surface area (Å²) in [4.78, 5) is 13.7. The Labute approximate surface area is 97.8 Å². The second kappa shape index (κ2) is 4.58. The highest BCUT2D eigenvalue weighted by Gasteiger charge is 2.28. The van der Waals surface area contributed by atoms with Gasteiger partial charge in [0.1, 0.15) is 11.9 Å². The zero-order chi connectivity index (χ0) is 11.5. The third-order valence-electron chi connectivity index (χ3n) is 2.43. The van der Waals surface area contributed by atoms with Gasteiger partial charge in [-0.1, -0.05) is 5.92 Å². The van der Waals surface area contributed by atoms with Crippen molar-refractivity contribution in [3.05, 3.63) is 35.6 Å². The van der Waals surface area contributed by atoms with E-state index < -0.39 is 0 Å². The van der Waals surface area contributed by atoms with Gasteiger partial charge in [-0.2, -0.15) is 0 Å². The number of rotatable bonds is 1. The van der Waals surface area contributed by atoms with Crippen LogP contribution in [0.2, 0.25) is 0 Å². The molecule has 1 amide bonds. The first-order chi connectivity index (χ1) is 7.72. The molecule has 2 rings (SSSR count). The topological polar surface area (TPSA) is 20.3 Å². The molecule has 82 valence electrons. The predicted octanol–water partition coefficient (Wildman–Crippen LogP) is 1.97. The number of carbonyl (C=O) groups excluding carboxylic acids is 1. The van der Waals surface area contributed by atoms with Gasteiger partial charge in [-0.15, -0.1) is 18.2 Å². The highest BCUT2D eigenvalue weighted by molar-refractivity contribution is 7.99. The predicted molar refractivity (Wildman–Crippen MR) is 62.5 cm³/mol. The zero-order valence-electron chi connectivity index (χ0n) is 8.52. The van der Waals surface area contributed by atoms with E-state index in [1.54, 1.807) is 16.7 Å². The number of carbonyl (C=O) groups is 1. The van der Waals surface area contributed by atoms with Crippen molar-refractivity contribution in [3.8, 4) is 12.3 Å². The highest BCUT2D eigenvalue weighted by atomic mass is 32.2.